The zero-order chi connectivity index (χ0) is 22.6. The summed E-state index contributed by atoms with van der Waals surface area (Å²) in [4.78, 5) is 31.1. The minimum Gasteiger partial charge on any atom is -0.446 e. The van der Waals surface area contributed by atoms with Crippen molar-refractivity contribution in [1.29, 1.82) is 0 Å². The summed E-state index contributed by atoms with van der Waals surface area (Å²) in [5.41, 5.74) is 0.391. The van der Waals surface area contributed by atoms with Gasteiger partial charge in [-0.3, -0.25) is 9.59 Å². The molecule has 30 heavy (non-hydrogen) atoms. The smallest absolute Gasteiger partial charge is 0.273 e. The molecule has 0 aromatic carbocycles. The van der Waals surface area contributed by atoms with E-state index in [1.54, 1.807) is 19.1 Å². The number of rotatable bonds is 14. The largest absolute Gasteiger partial charge is 0.446 e. The van der Waals surface area contributed by atoms with Crippen LogP contribution < -0.4 is 5.32 Å². The van der Waals surface area contributed by atoms with Crippen molar-refractivity contribution in [2.75, 3.05) is 40.5 Å². The average molecular weight is 426 g/mol. The predicted molar refractivity (Wildman–Crippen MR) is 115 cm³/mol. The molecule has 0 saturated carbocycles. The van der Waals surface area contributed by atoms with E-state index in [0.717, 1.165) is 19.3 Å². The third-order valence-corrected chi connectivity index (χ3v) is 4.53. The van der Waals surface area contributed by atoms with Gasteiger partial charge in [0, 0.05) is 46.9 Å². The van der Waals surface area contributed by atoms with E-state index in [2.05, 4.69) is 38.0 Å². The molecule has 8 heteroatoms. The number of carbonyl (C=O) groups excluding carboxylic acids is 2. The Morgan fingerprint density at radius 1 is 1.20 bits per heavy atom. The highest BCUT2D eigenvalue weighted by atomic mass is 16.5. The minimum absolute atomic E-state index is 0.0617. The molecule has 1 N–H and O–H groups in total. The predicted octanol–water partition coefficient (Wildman–Crippen LogP) is 3.27. The van der Waals surface area contributed by atoms with Crippen LogP contribution >= 0.6 is 0 Å². The molecule has 1 aromatic heterocycles. The molecule has 0 aliphatic heterocycles. The van der Waals surface area contributed by atoms with Crippen molar-refractivity contribution in [1.82, 2.24) is 15.2 Å². The van der Waals surface area contributed by atoms with Crippen molar-refractivity contribution < 1.29 is 23.5 Å². The number of nitrogens with zero attached hydrogens (tertiary/aromatic N) is 2. The van der Waals surface area contributed by atoms with Crippen LogP contribution in [0.2, 0.25) is 0 Å². The summed E-state index contributed by atoms with van der Waals surface area (Å²) < 4.78 is 15.5. The molecule has 172 valence electrons. The summed E-state index contributed by atoms with van der Waals surface area (Å²) in [6, 6.07) is 0. The van der Waals surface area contributed by atoms with Gasteiger partial charge in [-0.15, -0.1) is 0 Å². The lowest BCUT2D eigenvalue weighted by Gasteiger charge is -2.26. The molecule has 8 nitrogen and oxygen atoms in total. The Kier molecular flexibility index (Phi) is 11.7. The summed E-state index contributed by atoms with van der Waals surface area (Å²) in [6.07, 6.45) is 4.22. The first-order valence-electron chi connectivity index (χ1n) is 10.6. The number of carbonyl (C=O) groups is 2. The van der Waals surface area contributed by atoms with Crippen molar-refractivity contribution in [3.05, 3.63) is 17.8 Å². The zero-order valence-electron chi connectivity index (χ0n) is 19.5. The maximum Gasteiger partial charge on any atom is 0.273 e. The third-order valence-electron chi connectivity index (χ3n) is 4.53. The van der Waals surface area contributed by atoms with E-state index in [1.807, 2.05) is 0 Å². The highest BCUT2D eigenvalue weighted by molar-refractivity contribution is 5.91. The van der Waals surface area contributed by atoms with Gasteiger partial charge in [0.1, 0.15) is 6.26 Å². The topological polar surface area (TPSA) is 93.9 Å². The van der Waals surface area contributed by atoms with Crippen molar-refractivity contribution in [3.63, 3.8) is 0 Å². The highest BCUT2D eigenvalue weighted by Crippen LogP contribution is 2.26. The molecule has 1 atom stereocenters. The van der Waals surface area contributed by atoms with Gasteiger partial charge < -0.3 is 24.1 Å². The number of methoxy groups -OCH3 is 2. The number of hydrogen-bond donors (Lipinski definition) is 1. The summed E-state index contributed by atoms with van der Waals surface area (Å²) in [5.74, 6) is 0.399. The van der Waals surface area contributed by atoms with Crippen LogP contribution in [0.3, 0.4) is 0 Å². The molecule has 0 saturated heterocycles. The Morgan fingerprint density at radius 2 is 1.87 bits per heavy atom. The number of oxazole rings is 1. The molecule has 0 spiro atoms. The van der Waals surface area contributed by atoms with E-state index < -0.39 is 0 Å². The second kappa shape index (κ2) is 13.4. The van der Waals surface area contributed by atoms with Crippen LogP contribution in [0.15, 0.2) is 10.7 Å². The molecule has 0 fully saturated rings. The van der Waals surface area contributed by atoms with Gasteiger partial charge in [0.15, 0.2) is 5.69 Å². The first-order chi connectivity index (χ1) is 14.2. The zero-order valence-corrected chi connectivity index (χ0v) is 19.5. The Bertz CT molecular complexity index is 639. The van der Waals surface area contributed by atoms with Crippen molar-refractivity contribution in [2.45, 2.75) is 59.9 Å². The molecule has 1 rings (SSSR count). The van der Waals surface area contributed by atoms with Crippen molar-refractivity contribution in [3.8, 4) is 0 Å². The lowest BCUT2D eigenvalue weighted by molar-refractivity contribution is -0.133. The van der Waals surface area contributed by atoms with Gasteiger partial charge in [0.25, 0.3) is 5.91 Å². The molecule has 0 aliphatic carbocycles. The monoisotopic (exact) mass is 425 g/mol. The lowest BCUT2D eigenvalue weighted by atomic mass is 9.84. The maximum atomic E-state index is 12.9. The van der Waals surface area contributed by atoms with E-state index in [-0.39, 0.29) is 35.4 Å². The number of aromatic nitrogens is 1. The van der Waals surface area contributed by atoms with Crippen LogP contribution in [0.1, 0.15) is 69.8 Å². The lowest BCUT2D eigenvalue weighted by Crippen LogP contribution is -2.33. The molecular weight excluding hydrogens is 386 g/mol. The normalized spacial score (nSPS) is 12.6. The van der Waals surface area contributed by atoms with E-state index in [4.69, 9.17) is 13.9 Å². The quantitative estimate of drug-likeness (QED) is 0.460. The fourth-order valence-corrected chi connectivity index (χ4v) is 3.40. The standard InChI is InChI=1S/C22H39N3O5/c1-17(14-22(2,3)4)13-20(26)25(10-8-12-29-6)15-19-24-18(16-30-19)21(27)23-9-7-11-28-5/h16-17H,7-15H2,1-6H3,(H,23,27)/t17-/m0/s1. The second-order valence-corrected chi connectivity index (χ2v) is 8.96. The Hall–Kier alpha value is -1.93. The second-order valence-electron chi connectivity index (χ2n) is 8.96. The van der Waals surface area contributed by atoms with Gasteiger partial charge in [0.2, 0.25) is 11.8 Å². The first kappa shape index (κ1) is 26.1. The van der Waals surface area contributed by atoms with E-state index >= 15 is 0 Å². The minimum atomic E-state index is -0.294. The molecule has 0 bridgehead atoms. The van der Waals surface area contributed by atoms with Gasteiger partial charge >= 0.3 is 0 Å². The van der Waals surface area contributed by atoms with Crippen LogP contribution in [0.25, 0.3) is 0 Å². The maximum absolute atomic E-state index is 12.9. The van der Waals surface area contributed by atoms with Crippen LogP contribution in [0.5, 0.6) is 0 Å². The SMILES string of the molecule is COCCCNC(=O)c1coc(CN(CCCOC)C(=O)C[C@H](C)CC(C)(C)C)n1. The summed E-state index contributed by atoms with van der Waals surface area (Å²) in [7, 11) is 3.26. The van der Waals surface area contributed by atoms with E-state index in [9.17, 15) is 9.59 Å². The van der Waals surface area contributed by atoms with E-state index in [0.29, 0.717) is 38.6 Å². The van der Waals surface area contributed by atoms with Gasteiger partial charge in [-0.25, -0.2) is 4.98 Å². The molecular formula is C22H39N3O5. The van der Waals surface area contributed by atoms with Crippen LogP contribution in [-0.2, 0) is 20.8 Å². The third kappa shape index (κ3) is 10.7. The van der Waals surface area contributed by atoms with Gasteiger partial charge in [-0.05, 0) is 30.6 Å². The van der Waals surface area contributed by atoms with Crippen LogP contribution in [0, 0.1) is 11.3 Å². The van der Waals surface area contributed by atoms with Crippen molar-refractivity contribution >= 4 is 11.8 Å². The first-order valence-corrected chi connectivity index (χ1v) is 10.6. The molecule has 1 aromatic rings. The van der Waals surface area contributed by atoms with Crippen LogP contribution in [-0.4, -0.2) is 62.2 Å². The highest BCUT2D eigenvalue weighted by Gasteiger charge is 2.23. The van der Waals surface area contributed by atoms with Crippen molar-refractivity contribution in [2.24, 2.45) is 11.3 Å². The molecule has 0 aliphatic rings. The summed E-state index contributed by atoms with van der Waals surface area (Å²) in [6.45, 7) is 11.1. The van der Waals surface area contributed by atoms with E-state index in [1.165, 1.54) is 6.26 Å². The Balaban J connectivity index is 2.69. The van der Waals surface area contributed by atoms with Gasteiger partial charge in [-0.1, -0.05) is 27.7 Å². The molecule has 0 unspecified atom stereocenters. The van der Waals surface area contributed by atoms with Crippen LogP contribution in [0.4, 0.5) is 0 Å². The van der Waals surface area contributed by atoms with Gasteiger partial charge in [-0.2, -0.15) is 0 Å². The Labute approximate surface area is 180 Å². The van der Waals surface area contributed by atoms with Gasteiger partial charge in [0.05, 0.1) is 6.54 Å². The number of ether oxygens (including phenoxy) is 2. The number of amides is 2. The number of hydrogen-bond acceptors (Lipinski definition) is 6. The number of nitrogens with one attached hydrogen (secondary N) is 1. The molecule has 1 heterocycles. The average Bonchev–Trinajstić information content (AvgIpc) is 3.11. The molecule has 0 radical (unpaired) electrons. The fourth-order valence-electron chi connectivity index (χ4n) is 3.40. The summed E-state index contributed by atoms with van der Waals surface area (Å²) >= 11 is 0. The summed E-state index contributed by atoms with van der Waals surface area (Å²) in [5, 5.41) is 2.77. The molecule has 2 amide bonds. The fraction of sp³-hybridized carbons (Fsp3) is 0.773. The Morgan fingerprint density at radius 3 is 2.50 bits per heavy atom.